The van der Waals surface area contributed by atoms with Gasteiger partial charge in [-0.1, -0.05) is 34.5 Å². The lowest BCUT2D eigenvalue weighted by molar-refractivity contribution is -0.278. The van der Waals surface area contributed by atoms with E-state index in [1.54, 1.807) is 12.2 Å². The summed E-state index contributed by atoms with van der Waals surface area (Å²) >= 11 is 3.41. The number of ether oxygens (including phenoxy) is 1. The van der Waals surface area contributed by atoms with E-state index in [0.29, 0.717) is 5.92 Å². The van der Waals surface area contributed by atoms with E-state index in [1.807, 2.05) is 4.99 Å². The maximum absolute atomic E-state index is 12.8. The van der Waals surface area contributed by atoms with Crippen LogP contribution in [-0.4, -0.2) is 37.3 Å². The van der Waals surface area contributed by atoms with Crippen LogP contribution < -0.4 is 5.32 Å². The second-order valence-corrected chi connectivity index (χ2v) is 7.79. The predicted molar refractivity (Wildman–Crippen MR) is 94.6 cm³/mol. The Morgan fingerprint density at radius 3 is 2.70 bits per heavy atom. The number of carbonyl (C=O) groups is 1. The molecule has 1 saturated carbocycles. The van der Waals surface area contributed by atoms with E-state index in [9.17, 15) is 26.7 Å². The summed E-state index contributed by atoms with van der Waals surface area (Å²) in [6, 6.07) is 0. The minimum Gasteiger partial charge on any atom is -0.364 e. The van der Waals surface area contributed by atoms with Gasteiger partial charge in [0.1, 0.15) is 6.61 Å². The van der Waals surface area contributed by atoms with Crippen molar-refractivity contribution in [1.29, 1.82) is 0 Å². The summed E-state index contributed by atoms with van der Waals surface area (Å²) in [7, 11) is 0. The van der Waals surface area contributed by atoms with Gasteiger partial charge in [-0.15, -0.1) is 0 Å². The van der Waals surface area contributed by atoms with Gasteiger partial charge in [0.2, 0.25) is 5.91 Å². The molecule has 2 aliphatic carbocycles. The molecule has 27 heavy (non-hydrogen) atoms. The van der Waals surface area contributed by atoms with E-state index in [2.05, 4.69) is 28.9 Å². The van der Waals surface area contributed by atoms with E-state index in [4.69, 9.17) is 4.74 Å². The molecule has 2 aliphatic rings. The predicted octanol–water partition coefficient (Wildman–Crippen LogP) is 5.12. The van der Waals surface area contributed by atoms with Crippen molar-refractivity contribution in [2.24, 2.45) is 11.3 Å². The second kappa shape index (κ2) is 8.19. The van der Waals surface area contributed by atoms with Crippen LogP contribution in [0.5, 0.6) is 0 Å². The SMILES string of the molecule is C[C@H](OCC(=O)NCC(F)(F)C(F)(F)F)C1=CC[C@H]2/C(=C/Br)CCC[C@]12C. The summed E-state index contributed by atoms with van der Waals surface area (Å²) < 4.78 is 67.5. The van der Waals surface area contributed by atoms with Crippen LogP contribution in [0.1, 0.15) is 39.5 Å². The first-order valence-electron chi connectivity index (χ1n) is 8.75. The molecule has 0 saturated heterocycles. The molecule has 0 aromatic rings. The van der Waals surface area contributed by atoms with Gasteiger partial charge in [0.05, 0.1) is 12.6 Å². The minimum atomic E-state index is -5.70. The van der Waals surface area contributed by atoms with Crippen LogP contribution in [0.4, 0.5) is 22.0 Å². The summed E-state index contributed by atoms with van der Waals surface area (Å²) in [6.45, 7) is 1.54. The molecule has 0 aromatic heterocycles. The van der Waals surface area contributed by atoms with Crippen molar-refractivity contribution in [2.75, 3.05) is 13.2 Å². The number of hydrogen-bond donors (Lipinski definition) is 1. The van der Waals surface area contributed by atoms with Gasteiger partial charge in [0.25, 0.3) is 0 Å². The van der Waals surface area contributed by atoms with Gasteiger partial charge >= 0.3 is 12.1 Å². The van der Waals surface area contributed by atoms with Gasteiger partial charge in [-0.3, -0.25) is 4.79 Å². The Morgan fingerprint density at radius 2 is 2.11 bits per heavy atom. The molecule has 0 spiro atoms. The lowest BCUT2D eigenvalue weighted by Gasteiger charge is -2.42. The summed E-state index contributed by atoms with van der Waals surface area (Å²) in [5, 5.41) is 1.59. The average molecular weight is 460 g/mol. The molecule has 0 radical (unpaired) electrons. The first-order valence-corrected chi connectivity index (χ1v) is 9.66. The van der Waals surface area contributed by atoms with Crippen LogP contribution in [0.2, 0.25) is 0 Å². The van der Waals surface area contributed by atoms with Crippen LogP contribution >= 0.6 is 15.9 Å². The number of nitrogens with one attached hydrogen (secondary N) is 1. The Labute approximate surface area is 163 Å². The maximum atomic E-state index is 12.8. The third-order valence-corrected chi connectivity index (χ3v) is 6.16. The van der Waals surface area contributed by atoms with Crippen molar-refractivity contribution in [3.63, 3.8) is 0 Å². The highest BCUT2D eigenvalue weighted by atomic mass is 79.9. The molecule has 0 heterocycles. The lowest BCUT2D eigenvalue weighted by Crippen LogP contribution is -2.47. The normalized spacial score (nSPS) is 28.7. The molecule has 154 valence electrons. The number of rotatable bonds is 6. The Hall–Kier alpha value is -0.960. The van der Waals surface area contributed by atoms with Crippen LogP contribution in [0.15, 0.2) is 22.2 Å². The number of amides is 1. The fourth-order valence-electron chi connectivity index (χ4n) is 4.06. The van der Waals surface area contributed by atoms with Gasteiger partial charge in [0, 0.05) is 0 Å². The minimum absolute atomic E-state index is 0.100. The van der Waals surface area contributed by atoms with E-state index < -0.39 is 37.3 Å². The first kappa shape index (κ1) is 22.3. The lowest BCUT2D eigenvalue weighted by atomic mass is 9.64. The summed E-state index contributed by atoms with van der Waals surface area (Å²) in [5.41, 5.74) is 2.28. The first-order chi connectivity index (χ1) is 12.4. The summed E-state index contributed by atoms with van der Waals surface area (Å²) in [4.78, 5) is 13.6. The van der Waals surface area contributed by atoms with Crippen molar-refractivity contribution >= 4 is 21.8 Å². The molecule has 2 rings (SSSR count). The molecule has 3 atom stereocenters. The van der Waals surface area contributed by atoms with Crippen LogP contribution in [0, 0.1) is 11.3 Å². The highest BCUT2D eigenvalue weighted by Crippen LogP contribution is 2.55. The highest BCUT2D eigenvalue weighted by Gasteiger charge is 2.57. The number of fused-ring (bicyclic) bond motifs is 1. The number of carbonyl (C=O) groups excluding carboxylic acids is 1. The molecule has 0 bridgehead atoms. The van der Waals surface area contributed by atoms with E-state index >= 15 is 0 Å². The zero-order valence-corrected chi connectivity index (χ0v) is 16.7. The number of halogens is 6. The van der Waals surface area contributed by atoms with Crippen molar-refractivity contribution in [1.82, 2.24) is 5.32 Å². The van der Waals surface area contributed by atoms with Crippen molar-refractivity contribution < 1.29 is 31.5 Å². The third-order valence-electron chi connectivity index (χ3n) is 5.58. The van der Waals surface area contributed by atoms with Gasteiger partial charge in [-0.2, -0.15) is 22.0 Å². The van der Waals surface area contributed by atoms with Gasteiger partial charge in [0.15, 0.2) is 0 Å². The zero-order chi connectivity index (χ0) is 20.5. The van der Waals surface area contributed by atoms with E-state index in [-0.39, 0.29) is 5.41 Å². The molecule has 1 amide bonds. The smallest absolute Gasteiger partial charge is 0.364 e. The molecule has 3 nitrogen and oxygen atoms in total. The van der Waals surface area contributed by atoms with Crippen LogP contribution in [-0.2, 0) is 9.53 Å². The molecular formula is C18H23BrF5NO2. The Kier molecular flexibility index (Phi) is 6.77. The fraction of sp³-hybridized carbons (Fsp3) is 0.722. The third kappa shape index (κ3) is 4.72. The Bertz CT molecular complexity index is 632. The molecule has 0 aromatic carbocycles. The van der Waals surface area contributed by atoms with Gasteiger partial charge in [-0.25, -0.2) is 0 Å². The maximum Gasteiger partial charge on any atom is 0.455 e. The van der Waals surface area contributed by atoms with Crippen LogP contribution in [0.25, 0.3) is 0 Å². The largest absolute Gasteiger partial charge is 0.455 e. The van der Waals surface area contributed by atoms with Gasteiger partial charge < -0.3 is 10.1 Å². The van der Waals surface area contributed by atoms with E-state index in [1.165, 1.54) is 5.57 Å². The number of hydrogen-bond acceptors (Lipinski definition) is 2. The quantitative estimate of drug-likeness (QED) is 0.442. The van der Waals surface area contributed by atoms with Crippen LogP contribution in [0.3, 0.4) is 0 Å². The molecule has 1 fully saturated rings. The molecule has 1 N–H and O–H groups in total. The zero-order valence-electron chi connectivity index (χ0n) is 15.1. The topological polar surface area (TPSA) is 38.3 Å². The summed E-state index contributed by atoms with van der Waals surface area (Å²) in [5.74, 6) is -5.62. The fourth-order valence-corrected chi connectivity index (χ4v) is 4.61. The molecular weight excluding hydrogens is 437 g/mol. The second-order valence-electron chi connectivity index (χ2n) is 7.33. The van der Waals surface area contributed by atoms with Crippen molar-refractivity contribution in [2.45, 2.75) is 57.7 Å². The number of allylic oxidation sites excluding steroid dienone is 2. The Morgan fingerprint density at radius 1 is 1.44 bits per heavy atom. The van der Waals surface area contributed by atoms with Gasteiger partial charge in [-0.05, 0) is 54.5 Å². The monoisotopic (exact) mass is 459 g/mol. The van der Waals surface area contributed by atoms with Crippen molar-refractivity contribution in [3.8, 4) is 0 Å². The van der Waals surface area contributed by atoms with E-state index in [0.717, 1.165) is 31.3 Å². The highest BCUT2D eigenvalue weighted by molar-refractivity contribution is 9.11. The standard InChI is InChI=1S/C18H23BrF5NO2/c1-11(27-9-15(26)25-10-17(20,21)18(22,23)24)13-5-6-14-12(8-19)4-3-7-16(13,14)2/h5,8,11,14H,3-4,6-7,9-10H2,1-2H3,(H,25,26)/b12-8+/t11-,14-,16+/m0/s1. The number of alkyl halides is 5. The average Bonchev–Trinajstić information content (AvgIpc) is 2.93. The molecule has 9 heteroatoms. The summed E-state index contributed by atoms with van der Waals surface area (Å²) in [6.07, 6.45) is -0.143. The molecule has 0 aliphatic heterocycles. The molecule has 0 unspecified atom stereocenters. The Balaban J connectivity index is 1.89. The van der Waals surface area contributed by atoms with Crippen molar-refractivity contribution in [3.05, 3.63) is 22.2 Å².